The van der Waals surface area contributed by atoms with E-state index in [1.165, 1.54) is 12.5 Å². The van der Waals surface area contributed by atoms with Crippen LogP contribution in [0, 0.1) is 0 Å². The number of anilines is 2. The van der Waals surface area contributed by atoms with Crippen molar-refractivity contribution in [2.45, 2.75) is 45.4 Å². The fourth-order valence-electron chi connectivity index (χ4n) is 4.30. The van der Waals surface area contributed by atoms with Crippen LogP contribution in [0.25, 0.3) is 0 Å². The maximum Gasteiger partial charge on any atom is 0.303 e. The first-order valence-electron chi connectivity index (χ1n) is 12.9. The number of hydrogen-bond donors (Lipinski definition) is 2. The van der Waals surface area contributed by atoms with Gasteiger partial charge in [-0.2, -0.15) is 0 Å². The summed E-state index contributed by atoms with van der Waals surface area (Å²) in [7, 11) is 0. The standard InChI is InChI=1S/C23H27Cl2N3O2.C5H8O3/c24-19-4-3-5-21(23(19)25)28-13-11-27(12-14-28)10-1-2-15-30-18-8-6-17-7-9-22(29)26-20(17)16-18;1-4(6)2-3-5(7)8/h3-6,8,16H,1-2,7,9-15H2,(H,26,29);2-3H2,1H3,(H,7,8). The van der Waals surface area contributed by atoms with Crippen LogP contribution < -0.4 is 15.0 Å². The fourth-order valence-corrected chi connectivity index (χ4v) is 4.72. The molecule has 1 amide bonds. The van der Waals surface area contributed by atoms with E-state index in [0.29, 0.717) is 23.1 Å². The van der Waals surface area contributed by atoms with E-state index in [1.807, 2.05) is 30.3 Å². The lowest BCUT2D eigenvalue weighted by atomic mass is 10.0. The predicted molar refractivity (Wildman–Crippen MR) is 151 cm³/mol. The van der Waals surface area contributed by atoms with Gasteiger partial charge in [0.1, 0.15) is 11.5 Å². The van der Waals surface area contributed by atoms with Crippen molar-refractivity contribution in [2.24, 2.45) is 0 Å². The highest BCUT2D eigenvalue weighted by molar-refractivity contribution is 6.43. The van der Waals surface area contributed by atoms with Crippen LogP contribution in [0.4, 0.5) is 11.4 Å². The molecule has 1 saturated heterocycles. The Kier molecular flexibility index (Phi) is 11.7. The van der Waals surface area contributed by atoms with Crippen LogP contribution in [0.1, 0.15) is 44.6 Å². The average Bonchev–Trinajstić information content (AvgIpc) is 2.89. The average molecular weight is 565 g/mol. The number of aliphatic carboxylic acids is 1. The van der Waals surface area contributed by atoms with Gasteiger partial charge in [-0.25, -0.2) is 0 Å². The highest BCUT2D eigenvalue weighted by Crippen LogP contribution is 2.33. The van der Waals surface area contributed by atoms with Crippen molar-refractivity contribution in [2.75, 3.05) is 49.5 Å². The molecule has 2 heterocycles. The number of carboxylic acid groups (broad SMARTS) is 1. The number of nitrogens with one attached hydrogen (secondary N) is 1. The molecule has 0 saturated carbocycles. The zero-order valence-electron chi connectivity index (χ0n) is 21.7. The lowest BCUT2D eigenvalue weighted by Crippen LogP contribution is -2.46. The Morgan fingerprint density at radius 2 is 1.79 bits per heavy atom. The summed E-state index contributed by atoms with van der Waals surface area (Å²) < 4.78 is 5.89. The number of amides is 1. The summed E-state index contributed by atoms with van der Waals surface area (Å²) in [4.78, 5) is 36.2. The van der Waals surface area contributed by atoms with Gasteiger partial charge in [0.2, 0.25) is 5.91 Å². The van der Waals surface area contributed by atoms with E-state index in [9.17, 15) is 14.4 Å². The van der Waals surface area contributed by atoms with Gasteiger partial charge in [-0.3, -0.25) is 14.5 Å². The van der Waals surface area contributed by atoms with E-state index in [-0.39, 0.29) is 24.5 Å². The molecule has 206 valence electrons. The van der Waals surface area contributed by atoms with E-state index in [0.717, 1.165) is 69.1 Å². The number of fused-ring (bicyclic) bond motifs is 1. The zero-order chi connectivity index (χ0) is 27.5. The number of unbranched alkanes of at least 4 members (excludes halogenated alkanes) is 1. The first-order valence-corrected chi connectivity index (χ1v) is 13.7. The predicted octanol–water partition coefficient (Wildman–Crippen LogP) is 5.30. The lowest BCUT2D eigenvalue weighted by Gasteiger charge is -2.36. The van der Waals surface area contributed by atoms with Gasteiger partial charge in [0, 0.05) is 50.8 Å². The summed E-state index contributed by atoms with van der Waals surface area (Å²) in [6, 6.07) is 11.8. The van der Waals surface area contributed by atoms with E-state index in [1.54, 1.807) is 0 Å². The minimum absolute atomic E-state index is 0.0463. The number of carboxylic acids is 1. The summed E-state index contributed by atoms with van der Waals surface area (Å²) >= 11 is 12.5. The van der Waals surface area contributed by atoms with E-state index in [2.05, 4.69) is 21.2 Å². The Labute approximate surface area is 233 Å². The molecular formula is C28H35Cl2N3O5. The number of carbonyl (C=O) groups is 3. The summed E-state index contributed by atoms with van der Waals surface area (Å²) in [6.45, 7) is 7.09. The number of hydrogen-bond acceptors (Lipinski definition) is 6. The normalized spacial score (nSPS) is 15.1. The van der Waals surface area contributed by atoms with Crippen LogP contribution in [-0.4, -0.2) is 67.0 Å². The highest BCUT2D eigenvalue weighted by Gasteiger charge is 2.19. The third-order valence-electron chi connectivity index (χ3n) is 6.45. The van der Waals surface area contributed by atoms with Gasteiger partial charge >= 0.3 is 5.97 Å². The quantitative estimate of drug-likeness (QED) is 0.378. The van der Waals surface area contributed by atoms with Gasteiger partial charge in [0.15, 0.2) is 0 Å². The number of benzene rings is 2. The van der Waals surface area contributed by atoms with Crippen molar-refractivity contribution >= 4 is 52.2 Å². The van der Waals surface area contributed by atoms with Crippen LogP contribution in [0.2, 0.25) is 10.0 Å². The second-order valence-electron chi connectivity index (χ2n) is 9.42. The number of rotatable bonds is 10. The van der Waals surface area contributed by atoms with Gasteiger partial charge in [-0.15, -0.1) is 0 Å². The Balaban J connectivity index is 0.000000436. The summed E-state index contributed by atoms with van der Waals surface area (Å²) in [6.07, 6.45) is 3.57. The second kappa shape index (κ2) is 15.0. The SMILES string of the molecule is CC(=O)CCC(=O)O.O=C1CCc2ccc(OCCCCN3CCN(c4cccc(Cl)c4Cl)CC3)cc2N1. The molecule has 0 atom stereocenters. The van der Waals surface area contributed by atoms with Crippen LogP contribution >= 0.6 is 23.2 Å². The van der Waals surface area contributed by atoms with Gasteiger partial charge in [0.25, 0.3) is 0 Å². The molecule has 4 rings (SSSR count). The number of aryl methyl sites for hydroxylation is 1. The molecule has 1 fully saturated rings. The third-order valence-corrected chi connectivity index (χ3v) is 7.26. The molecule has 2 aromatic carbocycles. The van der Waals surface area contributed by atoms with Gasteiger partial charge < -0.3 is 24.9 Å². The molecule has 8 nitrogen and oxygen atoms in total. The number of Topliss-reactive ketones (excluding diaryl/α,β-unsaturated/α-hetero) is 1. The van der Waals surface area contributed by atoms with Crippen molar-refractivity contribution in [1.29, 1.82) is 0 Å². The van der Waals surface area contributed by atoms with E-state index in [4.69, 9.17) is 33.0 Å². The molecule has 0 aromatic heterocycles. The van der Waals surface area contributed by atoms with Crippen molar-refractivity contribution < 1.29 is 24.2 Å². The number of nitrogens with zero attached hydrogens (tertiary/aromatic N) is 2. The Hall–Kier alpha value is -2.81. The molecular weight excluding hydrogens is 529 g/mol. The van der Waals surface area contributed by atoms with Crippen molar-refractivity contribution in [3.63, 3.8) is 0 Å². The smallest absolute Gasteiger partial charge is 0.303 e. The number of ether oxygens (including phenoxy) is 1. The van der Waals surface area contributed by atoms with Gasteiger partial charge in [-0.1, -0.05) is 35.3 Å². The number of piperazine rings is 1. The molecule has 0 unspecified atom stereocenters. The Morgan fingerprint density at radius 3 is 2.47 bits per heavy atom. The largest absolute Gasteiger partial charge is 0.494 e. The molecule has 2 aliphatic heterocycles. The summed E-state index contributed by atoms with van der Waals surface area (Å²) in [5, 5.41) is 12.2. The minimum Gasteiger partial charge on any atom is -0.494 e. The maximum atomic E-state index is 11.5. The first-order chi connectivity index (χ1) is 18.2. The van der Waals surface area contributed by atoms with E-state index >= 15 is 0 Å². The Morgan fingerprint density at radius 1 is 1.03 bits per heavy atom. The molecule has 0 radical (unpaired) electrons. The van der Waals surface area contributed by atoms with Crippen LogP contribution in [0.15, 0.2) is 36.4 Å². The minimum atomic E-state index is -0.916. The third kappa shape index (κ3) is 9.49. The second-order valence-corrected chi connectivity index (χ2v) is 10.2. The van der Waals surface area contributed by atoms with Crippen LogP contribution in [0.3, 0.4) is 0 Å². The van der Waals surface area contributed by atoms with E-state index < -0.39 is 5.97 Å². The molecule has 38 heavy (non-hydrogen) atoms. The Bertz CT molecular complexity index is 1110. The molecule has 0 bridgehead atoms. The van der Waals surface area contributed by atoms with Crippen LogP contribution in [0.5, 0.6) is 5.75 Å². The van der Waals surface area contributed by atoms with Gasteiger partial charge in [-0.05, 0) is 56.5 Å². The van der Waals surface area contributed by atoms with Gasteiger partial charge in [0.05, 0.1) is 28.8 Å². The highest BCUT2D eigenvalue weighted by atomic mass is 35.5. The molecule has 10 heteroatoms. The monoisotopic (exact) mass is 563 g/mol. The van der Waals surface area contributed by atoms with Crippen molar-refractivity contribution in [1.82, 2.24) is 4.90 Å². The number of carbonyl (C=O) groups excluding carboxylic acids is 2. The molecule has 2 N–H and O–H groups in total. The maximum absolute atomic E-state index is 11.5. The molecule has 2 aliphatic rings. The molecule has 0 aliphatic carbocycles. The van der Waals surface area contributed by atoms with Crippen LogP contribution in [-0.2, 0) is 20.8 Å². The fraction of sp³-hybridized carbons (Fsp3) is 0.464. The molecule has 2 aromatic rings. The number of halogens is 2. The first kappa shape index (κ1) is 29.7. The topological polar surface area (TPSA) is 99.2 Å². The molecule has 0 spiro atoms. The lowest BCUT2D eigenvalue weighted by molar-refractivity contribution is -0.138. The zero-order valence-corrected chi connectivity index (χ0v) is 23.2. The summed E-state index contributed by atoms with van der Waals surface area (Å²) in [5.41, 5.74) is 3.10. The van der Waals surface area contributed by atoms with Crippen molar-refractivity contribution in [3.8, 4) is 5.75 Å². The van der Waals surface area contributed by atoms with Crippen molar-refractivity contribution in [3.05, 3.63) is 52.0 Å². The number of ketones is 1. The summed E-state index contributed by atoms with van der Waals surface area (Å²) in [5.74, 6) is -0.0899.